The predicted molar refractivity (Wildman–Crippen MR) is 92.2 cm³/mol. The molecule has 2 aliphatic carbocycles. The summed E-state index contributed by atoms with van der Waals surface area (Å²) in [5.41, 5.74) is 1.21. The van der Waals surface area contributed by atoms with E-state index in [2.05, 4.69) is 17.1 Å². The third kappa shape index (κ3) is 1.84. The molecule has 0 amide bonds. The zero-order chi connectivity index (χ0) is 14.8. The molecule has 5 atom stereocenters. The molecule has 2 aromatic rings. The molecular weight excluding hydrogens is 334 g/mol. The Morgan fingerprint density at radius 1 is 1.18 bits per heavy atom. The van der Waals surface area contributed by atoms with Crippen LogP contribution in [0.5, 0.6) is 0 Å². The summed E-state index contributed by atoms with van der Waals surface area (Å²) in [5, 5.41) is 2.60. The van der Waals surface area contributed by atoms with Crippen molar-refractivity contribution < 1.29 is 0 Å². The molecule has 114 valence electrons. The maximum absolute atomic E-state index is 11.9. The molecule has 2 fully saturated rings. The molecule has 22 heavy (non-hydrogen) atoms. The van der Waals surface area contributed by atoms with Crippen LogP contribution in [0.2, 0.25) is 5.02 Å². The van der Waals surface area contributed by atoms with Crippen molar-refractivity contribution in [2.45, 2.75) is 35.5 Å². The minimum atomic E-state index is 0.0712. The average molecular weight is 350 g/mol. The van der Waals surface area contributed by atoms with Crippen LogP contribution in [0.3, 0.4) is 0 Å². The maximum Gasteiger partial charge on any atom is 0.305 e. The van der Waals surface area contributed by atoms with Gasteiger partial charge in [0.1, 0.15) is 0 Å². The lowest BCUT2D eigenvalue weighted by Gasteiger charge is -2.40. The van der Waals surface area contributed by atoms with Crippen LogP contribution in [0.1, 0.15) is 35.6 Å². The first-order valence-electron chi connectivity index (χ1n) is 7.86. The average Bonchev–Trinajstić information content (AvgIpc) is 3.19. The predicted octanol–water partition coefficient (Wildman–Crippen LogP) is 4.74. The van der Waals surface area contributed by atoms with E-state index in [1.54, 1.807) is 0 Å². The van der Waals surface area contributed by atoms with E-state index >= 15 is 0 Å². The molecule has 5 heteroatoms. The van der Waals surface area contributed by atoms with E-state index < -0.39 is 0 Å². The van der Waals surface area contributed by atoms with Crippen molar-refractivity contribution in [2.75, 3.05) is 0 Å². The second-order valence-corrected chi connectivity index (χ2v) is 9.31. The van der Waals surface area contributed by atoms with E-state index in [-0.39, 0.29) is 4.87 Å². The van der Waals surface area contributed by atoms with E-state index in [0.717, 1.165) is 21.9 Å². The molecule has 2 nitrogen and oxygen atoms in total. The van der Waals surface area contributed by atoms with Gasteiger partial charge in [-0.1, -0.05) is 41.1 Å². The van der Waals surface area contributed by atoms with Crippen molar-refractivity contribution in [2.24, 2.45) is 17.8 Å². The molecule has 0 spiro atoms. The van der Waals surface area contributed by atoms with Crippen LogP contribution in [0.15, 0.2) is 34.1 Å². The highest BCUT2D eigenvalue weighted by Gasteiger charge is 2.54. The second-order valence-electron chi connectivity index (χ2n) is 6.70. The number of hydrogen-bond donors (Lipinski definition) is 1. The topological polar surface area (TPSA) is 32.9 Å². The number of aromatic nitrogens is 1. The van der Waals surface area contributed by atoms with Gasteiger partial charge >= 0.3 is 4.87 Å². The van der Waals surface area contributed by atoms with Gasteiger partial charge in [0.15, 0.2) is 0 Å². The molecule has 3 aliphatic rings. The number of aromatic amines is 1. The number of nitrogens with one attached hydrogen (secondary N) is 1. The van der Waals surface area contributed by atoms with Crippen LogP contribution in [0.25, 0.3) is 0 Å². The number of H-pyrrole nitrogens is 1. The molecule has 5 rings (SSSR count). The van der Waals surface area contributed by atoms with Gasteiger partial charge in [0, 0.05) is 21.1 Å². The molecule has 0 saturated heterocycles. The van der Waals surface area contributed by atoms with Gasteiger partial charge in [-0.05, 0) is 48.6 Å². The molecule has 1 aromatic heterocycles. The minimum absolute atomic E-state index is 0.0712. The van der Waals surface area contributed by atoms with Gasteiger partial charge in [0.25, 0.3) is 0 Å². The number of rotatable bonds is 1. The van der Waals surface area contributed by atoms with Crippen LogP contribution in [-0.4, -0.2) is 10.2 Å². The summed E-state index contributed by atoms with van der Waals surface area (Å²) < 4.78 is 0. The van der Waals surface area contributed by atoms with Crippen molar-refractivity contribution in [3.63, 3.8) is 0 Å². The van der Waals surface area contributed by atoms with Crippen molar-refractivity contribution in [3.05, 3.63) is 49.4 Å². The number of halogens is 1. The van der Waals surface area contributed by atoms with Crippen molar-refractivity contribution in [3.8, 4) is 0 Å². The molecule has 1 aliphatic heterocycles. The Labute approximate surface area is 142 Å². The van der Waals surface area contributed by atoms with Crippen LogP contribution in [0, 0.1) is 17.8 Å². The summed E-state index contributed by atoms with van der Waals surface area (Å²) in [4.78, 5) is 16.3. The number of benzene rings is 1. The highest BCUT2D eigenvalue weighted by atomic mass is 35.5. The van der Waals surface area contributed by atoms with E-state index in [1.807, 2.05) is 23.9 Å². The van der Waals surface area contributed by atoms with Gasteiger partial charge < -0.3 is 4.98 Å². The molecule has 1 N–H and O–H groups in total. The van der Waals surface area contributed by atoms with Gasteiger partial charge in [-0.15, -0.1) is 11.8 Å². The van der Waals surface area contributed by atoms with Gasteiger partial charge in [0.05, 0.1) is 5.03 Å². The van der Waals surface area contributed by atoms with Crippen LogP contribution in [0.4, 0.5) is 0 Å². The first kappa shape index (κ1) is 13.7. The van der Waals surface area contributed by atoms with Crippen molar-refractivity contribution in [1.29, 1.82) is 0 Å². The normalized spacial score (nSPS) is 35.4. The largest absolute Gasteiger partial charge is 0.307 e. The Morgan fingerprint density at radius 3 is 2.86 bits per heavy atom. The molecule has 2 bridgehead atoms. The highest BCUT2D eigenvalue weighted by Crippen LogP contribution is 2.64. The Bertz CT molecular complexity index is 798. The van der Waals surface area contributed by atoms with Crippen molar-refractivity contribution >= 4 is 34.7 Å². The summed E-state index contributed by atoms with van der Waals surface area (Å²) in [7, 11) is 0. The number of fused-ring (bicyclic) bond motifs is 6. The van der Waals surface area contributed by atoms with E-state index in [4.69, 9.17) is 11.6 Å². The van der Waals surface area contributed by atoms with Crippen LogP contribution >= 0.6 is 34.7 Å². The van der Waals surface area contributed by atoms with Crippen molar-refractivity contribution in [1.82, 2.24) is 4.98 Å². The number of thiazole rings is 1. The summed E-state index contributed by atoms with van der Waals surface area (Å²) in [6, 6.07) is 8.19. The third-order valence-electron chi connectivity index (χ3n) is 5.71. The summed E-state index contributed by atoms with van der Waals surface area (Å²) >= 11 is 9.85. The maximum atomic E-state index is 11.9. The number of thioether (sulfide) groups is 1. The molecule has 2 heterocycles. The molecule has 1 aromatic carbocycles. The van der Waals surface area contributed by atoms with Gasteiger partial charge in [-0.25, -0.2) is 0 Å². The quantitative estimate of drug-likeness (QED) is 0.806. The van der Waals surface area contributed by atoms with Gasteiger partial charge in [-0.2, -0.15) is 0 Å². The highest BCUT2D eigenvalue weighted by molar-refractivity contribution is 8.00. The van der Waals surface area contributed by atoms with Gasteiger partial charge in [0.2, 0.25) is 0 Å². The lowest BCUT2D eigenvalue weighted by molar-refractivity contribution is 0.307. The smallest absolute Gasteiger partial charge is 0.305 e. The van der Waals surface area contributed by atoms with E-state index in [9.17, 15) is 4.79 Å². The molecule has 0 unspecified atom stereocenters. The first-order valence-corrected chi connectivity index (χ1v) is 9.94. The Kier molecular flexibility index (Phi) is 3.05. The third-order valence-corrected chi connectivity index (χ3v) is 8.67. The Hall–Kier alpha value is -0.710. The standard InChI is InChI=1S/C17H16ClNOS2/c18-11-4-2-1-3-10(11)13-12-8-5-6-9(7-8)14(12)21-16-15(13)22-17(20)19-16/h1-4,8-9,12-14H,5-7H2,(H,19,20)/t8-,9-,12-,13+,14-/m0/s1. The van der Waals surface area contributed by atoms with E-state index in [1.165, 1.54) is 41.0 Å². The Balaban J connectivity index is 1.72. The fourth-order valence-electron chi connectivity index (χ4n) is 4.92. The summed E-state index contributed by atoms with van der Waals surface area (Å²) in [6.07, 6.45) is 4.07. The minimum Gasteiger partial charge on any atom is -0.307 e. The molecule has 0 radical (unpaired) electrons. The zero-order valence-electron chi connectivity index (χ0n) is 11.9. The van der Waals surface area contributed by atoms with Gasteiger partial charge in [-0.3, -0.25) is 4.79 Å². The Morgan fingerprint density at radius 2 is 2.00 bits per heavy atom. The fraction of sp³-hybridized carbons (Fsp3) is 0.471. The van der Waals surface area contributed by atoms with Crippen LogP contribution in [-0.2, 0) is 0 Å². The van der Waals surface area contributed by atoms with Crippen LogP contribution < -0.4 is 4.87 Å². The monoisotopic (exact) mass is 349 g/mol. The first-order chi connectivity index (χ1) is 10.7. The summed E-state index contributed by atoms with van der Waals surface area (Å²) in [6.45, 7) is 0. The lowest BCUT2D eigenvalue weighted by Crippen LogP contribution is -2.33. The van der Waals surface area contributed by atoms with E-state index in [0.29, 0.717) is 17.1 Å². The second kappa shape index (κ2) is 4.89. The molecular formula is C17H16ClNOS2. The fourth-order valence-corrected chi connectivity index (χ4v) is 8.06. The number of hydrogen-bond acceptors (Lipinski definition) is 3. The molecule has 2 saturated carbocycles. The lowest BCUT2D eigenvalue weighted by atomic mass is 9.75. The summed E-state index contributed by atoms with van der Waals surface area (Å²) in [5.74, 6) is 2.56. The zero-order valence-corrected chi connectivity index (χ0v) is 14.3. The SMILES string of the molecule is O=c1[nH]c2c(s1)[C@H](c1ccccc1Cl)[C@@H]1[C@H]3CC[C@@H](C3)[C@@H]1S2.